The molecule has 3 nitrogen and oxygen atoms in total. The fraction of sp³-hybridized carbons (Fsp3) is 0.417. The van der Waals surface area contributed by atoms with Crippen LogP contribution in [0.3, 0.4) is 0 Å². The maximum absolute atomic E-state index is 10.0. The van der Waals surface area contributed by atoms with Gasteiger partial charge in [0.05, 0.1) is 13.7 Å². The third kappa shape index (κ3) is 2.93. The summed E-state index contributed by atoms with van der Waals surface area (Å²) in [4.78, 5) is 13.6. The molecule has 0 unspecified atom stereocenters. The Labute approximate surface area is 89.8 Å². The summed E-state index contributed by atoms with van der Waals surface area (Å²) < 4.78 is 5.24. The summed E-state index contributed by atoms with van der Waals surface area (Å²) in [5.41, 5.74) is 2.12. The van der Waals surface area contributed by atoms with Crippen LogP contribution in [-0.2, 0) is 11.3 Å². The molecular weight excluding hydrogens is 190 g/mol. The van der Waals surface area contributed by atoms with Crippen molar-refractivity contribution in [1.82, 2.24) is 0 Å². The van der Waals surface area contributed by atoms with E-state index in [9.17, 15) is 4.79 Å². The van der Waals surface area contributed by atoms with Gasteiger partial charge in [-0.1, -0.05) is 26.0 Å². The smallest absolute Gasteiger partial charge is 0.235 e. The van der Waals surface area contributed by atoms with Crippen LogP contribution in [0.1, 0.15) is 30.9 Å². The van der Waals surface area contributed by atoms with Crippen LogP contribution in [0.25, 0.3) is 0 Å². The van der Waals surface area contributed by atoms with Crippen LogP contribution in [0.2, 0.25) is 0 Å². The highest BCUT2D eigenvalue weighted by molar-refractivity contribution is 5.40. The molecule has 0 atom stereocenters. The zero-order chi connectivity index (χ0) is 11.3. The number of carbonyl (C=O) groups excluding carboxylic acids is 1. The molecule has 1 rings (SSSR count). The molecule has 0 saturated carbocycles. The van der Waals surface area contributed by atoms with E-state index in [4.69, 9.17) is 4.74 Å². The largest absolute Gasteiger partial charge is 0.496 e. The highest BCUT2D eigenvalue weighted by atomic mass is 16.5. The van der Waals surface area contributed by atoms with Crippen molar-refractivity contribution in [3.8, 4) is 5.75 Å². The van der Waals surface area contributed by atoms with E-state index in [2.05, 4.69) is 18.8 Å². The first kappa shape index (κ1) is 11.5. The lowest BCUT2D eigenvalue weighted by molar-refractivity contribution is 0.409. The predicted molar refractivity (Wildman–Crippen MR) is 58.9 cm³/mol. The van der Waals surface area contributed by atoms with Crippen LogP contribution < -0.4 is 4.74 Å². The van der Waals surface area contributed by atoms with Gasteiger partial charge in [-0.05, 0) is 17.5 Å². The van der Waals surface area contributed by atoms with Crippen molar-refractivity contribution >= 4 is 6.08 Å². The quantitative estimate of drug-likeness (QED) is 0.560. The van der Waals surface area contributed by atoms with Gasteiger partial charge >= 0.3 is 0 Å². The van der Waals surface area contributed by atoms with E-state index in [1.165, 1.54) is 11.6 Å². The van der Waals surface area contributed by atoms with E-state index < -0.39 is 0 Å². The summed E-state index contributed by atoms with van der Waals surface area (Å²) in [6.45, 7) is 4.57. The summed E-state index contributed by atoms with van der Waals surface area (Å²) in [5, 5.41) is 0. The minimum atomic E-state index is 0.324. The van der Waals surface area contributed by atoms with Crippen LogP contribution in [0.5, 0.6) is 5.75 Å². The second-order valence-electron chi connectivity index (χ2n) is 3.63. The Kier molecular flexibility index (Phi) is 4.07. The SMILES string of the molecule is COc1cc(C(C)C)ccc1CN=C=O. The fourth-order valence-electron chi connectivity index (χ4n) is 1.37. The van der Waals surface area contributed by atoms with Gasteiger partial charge in [0, 0.05) is 5.56 Å². The third-order valence-corrected chi connectivity index (χ3v) is 2.29. The fourth-order valence-corrected chi connectivity index (χ4v) is 1.37. The normalized spacial score (nSPS) is 9.87. The Morgan fingerprint density at radius 1 is 1.47 bits per heavy atom. The Morgan fingerprint density at radius 2 is 2.20 bits per heavy atom. The molecule has 0 radical (unpaired) electrons. The monoisotopic (exact) mass is 205 g/mol. The maximum atomic E-state index is 10.0. The minimum Gasteiger partial charge on any atom is -0.496 e. The molecule has 0 aliphatic heterocycles. The summed E-state index contributed by atoms with van der Waals surface area (Å²) in [6, 6.07) is 5.96. The van der Waals surface area contributed by atoms with E-state index in [1.807, 2.05) is 18.2 Å². The maximum Gasteiger partial charge on any atom is 0.235 e. The molecule has 1 aromatic carbocycles. The van der Waals surface area contributed by atoms with Crippen molar-refractivity contribution in [3.63, 3.8) is 0 Å². The van der Waals surface area contributed by atoms with E-state index in [0.29, 0.717) is 12.5 Å². The van der Waals surface area contributed by atoms with Crippen LogP contribution in [0.15, 0.2) is 23.2 Å². The molecule has 0 heterocycles. The number of benzene rings is 1. The van der Waals surface area contributed by atoms with Crippen LogP contribution >= 0.6 is 0 Å². The van der Waals surface area contributed by atoms with Crippen molar-refractivity contribution in [2.24, 2.45) is 4.99 Å². The molecule has 80 valence electrons. The van der Waals surface area contributed by atoms with Crippen molar-refractivity contribution in [1.29, 1.82) is 0 Å². The van der Waals surface area contributed by atoms with Gasteiger partial charge < -0.3 is 4.74 Å². The summed E-state index contributed by atoms with van der Waals surface area (Å²) in [6.07, 6.45) is 1.52. The van der Waals surface area contributed by atoms with Gasteiger partial charge in [-0.25, -0.2) is 9.79 Å². The van der Waals surface area contributed by atoms with Crippen molar-refractivity contribution < 1.29 is 9.53 Å². The van der Waals surface area contributed by atoms with Crippen LogP contribution in [0, 0.1) is 0 Å². The van der Waals surface area contributed by atoms with Gasteiger partial charge in [-0.15, -0.1) is 0 Å². The standard InChI is InChI=1S/C12H15NO2/c1-9(2)10-4-5-11(7-13-8-14)12(6-10)15-3/h4-6,9H,7H2,1-3H3. The second-order valence-corrected chi connectivity index (χ2v) is 3.63. The molecule has 0 fully saturated rings. The molecule has 0 saturated heterocycles. The summed E-state index contributed by atoms with van der Waals surface area (Å²) >= 11 is 0. The zero-order valence-electron chi connectivity index (χ0n) is 9.28. The van der Waals surface area contributed by atoms with Gasteiger partial charge in [-0.3, -0.25) is 0 Å². The zero-order valence-corrected chi connectivity index (χ0v) is 9.28. The third-order valence-electron chi connectivity index (χ3n) is 2.29. The molecule has 0 amide bonds. The van der Waals surface area contributed by atoms with Gasteiger partial charge in [0.2, 0.25) is 6.08 Å². The Morgan fingerprint density at radius 3 is 2.73 bits per heavy atom. The lowest BCUT2D eigenvalue weighted by atomic mass is 10.0. The topological polar surface area (TPSA) is 38.7 Å². The lowest BCUT2D eigenvalue weighted by Gasteiger charge is -2.10. The molecule has 0 spiro atoms. The van der Waals surface area contributed by atoms with Crippen LogP contribution in [-0.4, -0.2) is 13.2 Å². The number of aliphatic imine (C=N–C) groups is 1. The predicted octanol–water partition coefficient (Wildman–Crippen LogP) is 2.65. The van der Waals surface area contributed by atoms with E-state index >= 15 is 0 Å². The van der Waals surface area contributed by atoms with Gasteiger partial charge in [0.1, 0.15) is 5.75 Å². The minimum absolute atomic E-state index is 0.324. The molecule has 0 aliphatic rings. The Hall–Kier alpha value is -1.60. The number of isocyanates is 1. The van der Waals surface area contributed by atoms with Gasteiger partial charge in [-0.2, -0.15) is 0 Å². The molecule has 15 heavy (non-hydrogen) atoms. The highest BCUT2D eigenvalue weighted by Crippen LogP contribution is 2.25. The van der Waals surface area contributed by atoms with E-state index in [1.54, 1.807) is 7.11 Å². The van der Waals surface area contributed by atoms with Crippen molar-refractivity contribution in [3.05, 3.63) is 29.3 Å². The summed E-state index contributed by atoms with van der Waals surface area (Å²) in [5.74, 6) is 1.24. The molecule has 0 N–H and O–H groups in total. The Balaban J connectivity index is 3.03. The first-order valence-electron chi connectivity index (χ1n) is 4.89. The van der Waals surface area contributed by atoms with Gasteiger partial charge in [0.15, 0.2) is 0 Å². The first-order valence-corrected chi connectivity index (χ1v) is 4.89. The first-order chi connectivity index (χ1) is 7.19. The average molecular weight is 205 g/mol. The number of ether oxygens (including phenoxy) is 1. The number of rotatable bonds is 4. The number of nitrogens with zero attached hydrogens (tertiary/aromatic N) is 1. The highest BCUT2D eigenvalue weighted by Gasteiger charge is 2.06. The van der Waals surface area contributed by atoms with Gasteiger partial charge in [0.25, 0.3) is 0 Å². The molecule has 0 aromatic heterocycles. The molecule has 0 bridgehead atoms. The number of methoxy groups -OCH3 is 1. The number of hydrogen-bond donors (Lipinski definition) is 0. The lowest BCUT2D eigenvalue weighted by Crippen LogP contribution is -1.94. The summed E-state index contributed by atoms with van der Waals surface area (Å²) in [7, 11) is 1.62. The van der Waals surface area contributed by atoms with E-state index in [0.717, 1.165) is 11.3 Å². The molecular formula is C12H15NO2. The molecule has 1 aromatic rings. The average Bonchev–Trinajstić information content (AvgIpc) is 2.25. The molecule has 0 aliphatic carbocycles. The molecule has 3 heteroatoms. The van der Waals surface area contributed by atoms with Crippen molar-refractivity contribution in [2.45, 2.75) is 26.3 Å². The second kappa shape index (κ2) is 5.32. The van der Waals surface area contributed by atoms with Crippen molar-refractivity contribution in [2.75, 3.05) is 7.11 Å². The van der Waals surface area contributed by atoms with Crippen LogP contribution in [0.4, 0.5) is 0 Å². The Bertz CT molecular complexity index is 379. The number of hydrogen-bond acceptors (Lipinski definition) is 3. The van der Waals surface area contributed by atoms with E-state index in [-0.39, 0.29) is 0 Å².